The molecule has 2 aromatic carbocycles. The molecule has 3 nitrogen and oxygen atoms in total. The highest BCUT2D eigenvalue weighted by atomic mass is 35.5. The first-order valence-electron chi connectivity index (χ1n) is 8.64. The van der Waals surface area contributed by atoms with Crippen LogP contribution in [0.5, 0.6) is 0 Å². The average Bonchev–Trinajstić information content (AvgIpc) is 2.75. The molecule has 24 heavy (non-hydrogen) atoms. The quantitative estimate of drug-likeness (QED) is 0.831. The van der Waals surface area contributed by atoms with E-state index in [9.17, 15) is 5.11 Å². The second kappa shape index (κ2) is 7.14. The van der Waals surface area contributed by atoms with E-state index in [1.165, 1.54) is 22.5 Å². The molecular weight excluding hydrogens is 320 g/mol. The summed E-state index contributed by atoms with van der Waals surface area (Å²) < 4.78 is 0. The zero-order valence-corrected chi connectivity index (χ0v) is 14.6. The Kier molecular flexibility index (Phi) is 5.14. The van der Waals surface area contributed by atoms with Gasteiger partial charge in [-0.1, -0.05) is 36.4 Å². The minimum Gasteiger partial charge on any atom is -0.389 e. The summed E-state index contributed by atoms with van der Waals surface area (Å²) in [7, 11) is 0. The van der Waals surface area contributed by atoms with E-state index in [0.29, 0.717) is 0 Å². The number of benzene rings is 2. The molecule has 1 heterocycles. The van der Waals surface area contributed by atoms with E-state index >= 15 is 0 Å². The normalized spacial score (nSPS) is 25.9. The monoisotopic (exact) mass is 344 g/mol. The van der Waals surface area contributed by atoms with Crippen molar-refractivity contribution in [1.82, 2.24) is 0 Å². The van der Waals surface area contributed by atoms with E-state index in [4.69, 9.17) is 5.73 Å². The Hall–Kier alpha value is -1.55. The van der Waals surface area contributed by atoms with E-state index in [1.54, 1.807) is 0 Å². The number of rotatable bonds is 1. The zero-order chi connectivity index (χ0) is 15.8. The minimum atomic E-state index is -0.483. The van der Waals surface area contributed by atoms with E-state index < -0.39 is 6.10 Å². The van der Waals surface area contributed by atoms with Gasteiger partial charge in [-0.15, -0.1) is 12.4 Å². The standard InChI is InChI=1S/C20H24N2O.ClH/c21-16-8-5-11-19(20(16)23)22-17-9-3-1-6-14(17)12-13-15-7-2-4-10-18(15)22;/h1-4,6-7,9-10,16,19-20,23H,5,8,11-13,21H2;1H/t16-,19+,20+;/m0./s1. The molecule has 0 aromatic heterocycles. The van der Waals surface area contributed by atoms with Crippen molar-refractivity contribution in [3.8, 4) is 0 Å². The zero-order valence-electron chi connectivity index (χ0n) is 13.8. The number of para-hydroxylation sites is 2. The maximum atomic E-state index is 10.8. The third kappa shape index (κ3) is 2.92. The molecule has 3 N–H and O–H groups in total. The lowest BCUT2D eigenvalue weighted by atomic mass is 9.86. The van der Waals surface area contributed by atoms with Gasteiger partial charge < -0.3 is 15.7 Å². The highest BCUT2D eigenvalue weighted by molar-refractivity contribution is 5.85. The largest absolute Gasteiger partial charge is 0.389 e. The summed E-state index contributed by atoms with van der Waals surface area (Å²) in [5.74, 6) is 0. The molecule has 4 heteroatoms. The van der Waals surface area contributed by atoms with Gasteiger partial charge in [0.1, 0.15) is 0 Å². The van der Waals surface area contributed by atoms with Gasteiger partial charge >= 0.3 is 0 Å². The van der Waals surface area contributed by atoms with Crippen LogP contribution in [0.2, 0.25) is 0 Å². The van der Waals surface area contributed by atoms with E-state index in [1.807, 2.05) is 0 Å². The molecular formula is C20H25ClN2O. The van der Waals surface area contributed by atoms with E-state index in [-0.39, 0.29) is 24.5 Å². The molecule has 0 radical (unpaired) electrons. The van der Waals surface area contributed by atoms with Gasteiger partial charge in [0, 0.05) is 17.4 Å². The molecule has 0 spiro atoms. The van der Waals surface area contributed by atoms with Crippen LogP contribution in [0.4, 0.5) is 11.4 Å². The second-order valence-corrected chi connectivity index (χ2v) is 6.78. The van der Waals surface area contributed by atoms with Crippen LogP contribution in [0.15, 0.2) is 48.5 Å². The van der Waals surface area contributed by atoms with Crippen molar-refractivity contribution < 1.29 is 5.11 Å². The van der Waals surface area contributed by atoms with E-state index in [2.05, 4.69) is 53.4 Å². The van der Waals surface area contributed by atoms with Gasteiger partial charge in [-0.2, -0.15) is 0 Å². The van der Waals surface area contributed by atoms with Crippen LogP contribution < -0.4 is 10.6 Å². The topological polar surface area (TPSA) is 49.5 Å². The van der Waals surface area contributed by atoms with Crippen molar-refractivity contribution in [2.75, 3.05) is 4.90 Å². The number of nitrogens with two attached hydrogens (primary N) is 1. The van der Waals surface area contributed by atoms with E-state index in [0.717, 1.165) is 32.1 Å². The Labute approximate surface area is 149 Å². The van der Waals surface area contributed by atoms with Gasteiger partial charge in [0.15, 0.2) is 0 Å². The fraction of sp³-hybridized carbons (Fsp3) is 0.400. The van der Waals surface area contributed by atoms with Gasteiger partial charge in [-0.25, -0.2) is 0 Å². The Morgan fingerprint density at radius 2 is 1.42 bits per heavy atom. The number of aliphatic hydroxyl groups is 1. The lowest BCUT2D eigenvalue weighted by Gasteiger charge is -2.42. The van der Waals surface area contributed by atoms with Crippen LogP contribution in [0, 0.1) is 0 Å². The summed E-state index contributed by atoms with van der Waals surface area (Å²) in [5.41, 5.74) is 11.4. The number of hydrogen-bond donors (Lipinski definition) is 2. The molecule has 1 aliphatic carbocycles. The van der Waals surface area contributed by atoms with Crippen molar-refractivity contribution >= 4 is 23.8 Å². The number of aryl methyl sites for hydroxylation is 2. The van der Waals surface area contributed by atoms with Crippen molar-refractivity contribution in [1.29, 1.82) is 0 Å². The number of anilines is 2. The first-order valence-corrected chi connectivity index (χ1v) is 8.64. The first kappa shape index (κ1) is 17.3. The third-order valence-electron chi connectivity index (χ3n) is 5.37. The fourth-order valence-electron chi connectivity index (χ4n) is 4.14. The highest BCUT2D eigenvalue weighted by Gasteiger charge is 2.36. The highest BCUT2D eigenvalue weighted by Crippen LogP contribution is 2.40. The summed E-state index contributed by atoms with van der Waals surface area (Å²) in [6, 6.07) is 17.1. The first-order chi connectivity index (χ1) is 11.3. The fourth-order valence-corrected chi connectivity index (χ4v) is 4.14. The van der Waals surface area contributed by atoms with Crippen LogP contribution in [0.3, 0.4) is 0 Å². The summed E-state index contributed by atoms with van der Waals surface area (Å²) in [5, 5.41) is 10.8. The van der Waals surface area contributed by atoms with Crippen molar-refractivity contribution in [3.63, 3.8) is 0 Å². The predicted octanol–water partition coefficient (Wildman–Crippen LogP) is 3.59. The molecule has 2 aliphatic rings. The molecule has 1 aliphatic heterocycles. The predicted molar refractivity (Wildman–Crippen MR) is 101 cm³/mol. The van der Waals surface area contributed by atoms with Crippen molar-refractivity contribution in [2.45, 2.75) is 50.3 Å². The number of aliphatic hydroxyl groups excluding tert-OH is 1. The number of halogens is 1. The number of nitrogens with zero attached hydrogens (tertiary/aromatic N) is 1. The molecule has 2 aromatic rings. The Balaban J connectivity index is 0.00000169. The molecule has 0 bridgehead atoms. The smallest absolute Gasteiger partial charge is 0.0897 e. The third-order valence-corrected chi connectivity index (χ3v) is 5.37. The van der Waals surface area contributed by atoms with Crippen LogP contribution in [-0.2, 0) is 12.8 Å². The van der Waals surface area contributed by atoms with Crippen LogP contribution in [0.25, 0.3) is 0 Å². The summed E-state index contributed by atoms with van der Waals surface area (Å²) in [6.07, 6.45) is 4.57. The molecule has 1 fully saturated rings. The SMILES string of the molecule is Cl.N[C@H]1CCC[C@@H](N2c3ccccc3CCc3ccccc32)[C@@H]1O. The summed E-state index contributed by atoms with van der Waals surface area (Å²) >= 11 is 0. The second-order valence-electron chi connectivity index (χ2n) is 6.78. The van der Waals surface area contributed by atoms with Gasteiger partial charge in [-0.3, -0.25) is 0 Å². The lowest BCUT2D eigenvalue weighted by Crippen LogP contribution is -2.53. The van der Waals surface area contributed by atoms with Gasteiger partial charge in [-0.05, 0) is 55.4 Å². The Morgan fingerprint density at radius 3 is 2.00 bits per heavy atom. The van der Waals surface area contributed by atoms with Gasteiger partial charge in [0.2, 0.25) is 0 Å². The minimum absolute atomic E-state index is 0. The molecule has 0 saturated heterocycles. The van der Waals surface area contributed by atoms with Gasteiger partial charge in [0.05, 0.1) is 12.1 Å². The molecule has 0 unspecified atom stereocenters. The summed E-state index contributed by atoms with van der Waals surface area (Å²) in [4.78, 5) is 2.36. The number of hydrogen-bond acceptors (Lipinski definition) is 3. The summed E-state index contributed by atoms with van der Waals surface area (Å²) in [6.45, 7) is 0. The molecule has 4 rings (SSSR count). The molecule has 0 amide bonds. The Bertz CT molecular complexity index is 658. The van der Waals surface area contributed by atoms with Crippen LogP contribution >= 0.6 is 12.4 Å². The average molecular weight is 345 g/mol. The molecule has 3 atom stereocenters. The van der Waals surface area contributed by atoms with Gasteiger partial charge in [0.25, 0.3) is 0 Å². The van der Waals surface area contributed by atoms with Crippen LogP contribution in [-0.4, -0.2) is 23.3 Å². The maximum Gasteiger partial charge on any atom is 0.0897 e. The maximum absolute atomic E-state index is 10.8. The molecule has 1 saturated carbocycles. The molecule has 128 valence electrons. The Morgan fingerprint density at radius 1 is 0.875 bits per heavy atom. The van der Waals surface area contributed by atoms with Crippen molar-refractivity contribution in [2.24, 2.45) is 5.73 Å². The van der Waals surface area contributed by atoms with Crippen molar-refractivity contribution in [3.05, 3.63) is 59.7 Å². The van der Waals surface area contributed by atoms with Crippen LogP contribution in [0.1, 0.15) is 30.4 Å². The number of fused-ring (bicyclic) bond motifs is 2. The lowest BCUT2D eigenvalue weighted by molar-refractivity contribution is 0.0878.